The molecule has 2 aliphatic heterocycles. The van der Waals surface area contributed by atoms with E-state index in [9.17, 15) is 9.18 Å². The molecule has 138 valence electrons. The summed E-state index contributed by atoms with van der Waals surface area (Å²) in [6.07, 6.45) is 3.25. The second kappa shape index (κ2) is 9.15. The van der Waals surface area contributed by atoms with Crippen LogP contribution in [0.25, 0.3) is 0 Å². The number of carbonyl (C=O) groups excluding carboxylic acids is 1. The summed E-state index contributed by atoms with van der Waals surface area (Å²) in [4.78, 5) is 18.9. The Labute approximate surface area is 149 Å². The van der Waals surface area contributed by atoms with Gasteiger partial charge < -0.3 is 14.5 Å². The third-order valence-corrected chi connectivity index (χ3v) is 4.98. The zero-order chi connectivity index (χ0) is 17.5. The smallest absolute Gasteiger partial charge is 0.236 e. The second-order valence-corrected chi connectivity index (χ2v) is 6.86. The maximum Gasteiger partial charge on any atom is 0.236 e. The molecular formula is C19H28FN3O2. The molecule has 1 aromatic carbocycles. The van der Waals surface area contributed by atoms with Gasteiger partial charge in [-0.1, -0.05) is 0 Å². The maximum atomic E-state index is 12.8. The zero-order valence-electron chi connectivity index (χ0n) is 14.8. The largest absolute Gasteiger partial charge is 0.494 e. The van der Waals surface area contributed by atoms with Crippen LogP contribution in [0.2, 0.25) is 0 Å². The van der Waals surface area contributed by atoms with Crippen molar-refractivity contribution in [1.82, 2.24) is 14.7 Å². The number of rotatable bonds is 7. The summed E-state index contributed by atoms with van der Waals surface area (Å²) in [7, 11) is 0. The molecule has 0 N–H and O–H groups in total. The van der Waals surface area contributed by atoms with E-state index in [-0.39, 0.29) is 5.82 Å². The fraction of sp³-hybridized carbons (Fsp3) is 0.632. The molecular weight excluding hydrogens is 321 g/mol. The van der Waals surface area contributed by atoms with Gasteiger partial charge in [-0.2, -0.15) is 0 Å². The van der Waals surface area contributed by atoms with E-state index >= 15 is 0 Å². The van der Waals surface area contributed by atoms with Crippen LogP contribution >= 0.6 is 0 Å². The highest BCUT2D eigenvalue weighted by Crippen LogP contribution is 2.12. The number of carbonyl (C=O) groups is 1. The van der Waals surface area contributed by atoms with Crippen LogP contribution in [0.1, 0.15) is 19.3 Å². The Hall–Kier alpha value is -1.66. The van der Waals surface area contributed by atoms with E-state index in [0.29, 0.717) is 24.8 Å². The summed E-state index contributed by atoms with van der Waals surface area (Å²) in [5, 5.41) is 0. The fourth-order valence-corrected chi connectivity index (χ4v) is 3.44. The second-order valence-electron chi connectivity index (χ2n) is 6.86. The van der Waals surface area contributed by atoms with Crippen molar-refractivity contribution in [3.63, 3.8) is 0 Å². The predicted molar refractivity (Wildman–Crippen MR) is 95.2 cm³/mol. The number of hydrogen-bond donors (Lipinski definition) is 0. The first-order valence-electron chi connectivity index (χ1n) is 9.31. The van der Waals surface area contributed by atoms with Gasteiger partial charge in [-0.05, 0) is 43.5 Å². The van der Waals surface area contributed by atoms with Crippen molar-refractivity contribution >= 4 is 5.91 Å². The molecule has 25 heavy (non-hydrogen) atoms. The Morgan fingerprint density at radius 1 is 0.960 bits per heavy atom. The number of amides is 1. The van der Waals surface area contributed by atoms with Crippen LogP contribution in [0.4, 0.5) is 4.39 Å². The van der Waals surface area contributed by atoms with Gasteiger partial charge in [-0.15, -0.1) is 0 Å². The number of likely N-dealkylation sites (tertiary alicyclic amines) is 1. The molecule has 6 heteroatoms. The van der Waals surface area contributed by atoms with Gasteiger partial charge in [0, 0.05) is 45.8 Å². The summed E-state index contributed by atoms with van der Waals surface area (Å²) in [5.41, 5.74) is 0. The number of benzene rings is 1. The molecule has 2 aliphatic rings. The molecule has 2 fully saturated rings. The van der Waals surface area contributed by atoms with Crippen molar-refractivity contribution in [3.05, 3.63) is 30.1 Å². The minimum absolute atomic E-state index is 0.242. The SMILES string of the molecule is O=C(CN1CCN(CCCOc2ccc(F)cc2)CC1)N1CCCC1. The molecule has 0 spiro atoms. The monoisotopic (exact) mass is 349 g/mol. The standard InChI is InChI=1S/C19H28FN3O2/c20-17-4-6-18(7-5-17)25-15-3-8-21-11-13-22(14-12-21)16-19(24)23-9-1-2-10-23/h4-7H,1-3,8-16H2. The molecule has 1 aromatic rings. The van der Waals surface area contributed by atoms with Crippen LogP contribution in [0.15, 0.2) is 24.3 Å². The normalized spacial score (nSPS) is 19.3. The van der Waals surface area contributed by atoms with Crippen molar-refractivity contribution in [2.24, 2.45) is 0 Å². The van der Waals surface area contributed by atoms with Crippen molar-refractivity contribution in [2.45, 2.75) is 19.3 Å². The minimum Gasteiger partial charge on any atom is -0.494 e. The van der Waals surface area contributed by atoms with Crippen molar-refractivity contribution in [3.8, 4) is 5.75 Å². The lowest BCUT2D eigenvalue weighted by Gasteiger charge is -2.35. The highest BCUT2D eigenvalue weighted by atomic mass is 19.1. The Balaban J connectivity index is 1.27. The van der Waals surface area contributed by atoms with Crippen LogP contribution in [-0.4, -0.2) is 79.6 Å². The molecule has 0 bridgehead atoms. The highest BCUT2D eigenvalue weighted by Gasteiger charge is 2.23. The summed E-state index contributed by atoms with van der Waals surface area (Å²) in [5.74, 6) is 0.763. The molecule has 0 atom stereocenters. The molecule has 0 aliphatic carbocycles. The summed E-state index contributed by atoms with van der Waals surface area (Å²) in [6.45, 7) is 8.00. The van der Waals surface area contributed by atoms with Crippen molar-refractivity contribution < 1.29 is 13.9 Å². The topological polar surface area (TPSA) is 36.0 Å². The van der Waals surface area contributed by atoms with E-state index < -0.39 is 0 Å². The van der Waals surface area contributed by atoms with Crippen LogP contribution in [0.3, 0.4) is 0 Å². The Kier molecular flexibility index (Phi) is 6.64. The average molecular weight is 349 g/mol. The summed E-state index contributed by atoms with van der Waals surface area (Å²) in [6, 6.07) is 6.15. The number of piperazine rings is 1. The van der Waals surface area contributed by atoms with E-state index in [1.807, 2.05) is 4.90 Å². The lowest BCUT2D eigenvalue weighted by Crippen LogP contribution is -2.50. The number of ether oxygens (including phenoxy) is 1. The van der Waals surface area contributed by atoms with Crippen molar-refractivity contribution in [1.29, 1.82) is 0 Å². The van der Waals surface area contributed by atoms with E-state index in [1.54, 1.807) is 12.1 Å². The third-order valence-electron chi connectivity index (χ3n) is 4.98. The van der Waals surface area contributed by atoms with Gasteiger partial charge in [-0.3, -0.25) is 9.69 Å². The zero-order valence-corrected chi connectivity index (χ0v) is 14.8. The van der Waals surface area contributed by atoms with Gasteiger partial charge >= 0.3 is 0 Å². The number of nitrogens with zero attached hydrogens (tertiary/aromatic N) is 3. The fourth-order valence-electron chi connectivity index (χ4n) is 3.44. The summed E-state index contributed by atoms with van der Waals surface area (Å²) >= 11 is 0. The van der Waals surface area contributed by atoms with E-state index in [4.69, 9.17) is 4.74 Å². The highest BCUT2D eigenvalue weighted by molar-refractivity contribution is 5.78. The Bertz CT molecular complexity index is 538. The molecule has 1 amide bonds. The van der Waals surface area contributed by atoms with Gasteiger partial charge in [0.25, 0.3) is 0 Å². The van der Waals surface area contributed by atoms with Crippen LogP contribution < -0.4 is 4.74 Å². The van der Waals surface area contributed by atoms with Crippen LogP contribution in [-0.2, 0) is 4.79 Å². The Morgan fingerprint density at radius 3 is 2.28 bits per heavy atom. The Morgan fingerprint density at radius 2 is 1.60 bits per heavy atom. The summed E-state index contributed by atoms with van der Waals surface area (Å²) < 4.78 is 18.5. The third kappa shape index (κ3) is 5.68. The molecule has 2 saturated heterocycles. The van der Waals surface area contributed by atoms with Gasteiger partial charge in [0.15, 0.2) is 0 Å². The van der Waals surface area contributed by atoms with E-state index in [1.165, 1.54) is 12.1 Å². The molecule has 5 nitrogen and oxygen atoms in total. The maximum absolute atomic E-state index is 12.8. The van der Waals surface area contributed by atoms with Gasteiger partial charge in [0.05, 0.1) is 13.2 Å². The minimum atomic E-state index is -0.242. The van der Waals surface area contributed by atoms with Crippen molar-refractivity contribution in [2.75, 3.05) is 59.0 Å². The molecule has 0 unspecified atom stereocenters. The van der Waals surface area contributed by atoms with E-state index in [0.717, 1.165) is 65.1 Å². The molecule has 2 heterocycles. The average Bonchev–Trinajstić information content (AvgIpc) is 3.16. The quantitative estimate of drug-likeness (QED) is 0.704. The van der Waals surface area contributed by atoms with Gasteiger partial charge in [-0.25, -0.2) is 4.39 Å². The lowest BCUT2D eigenvalue weighted by molar-refractivity contribution is -0.131. The molecule has 0 saturated carbocycles. The van der Waals surface area contributed by atoms with Crippen LogP contribution in [0.5, 0.6) is 5.75 Å². The van der Waals surface area contributed by atoms with Crippen LogP contribution in [0, 0.1) is 5.82 Å². The van der Waals surface area contributed by atoms with E-state index in [2.05, 4.69) is 9.80 Å². The first-order valence-corrected chi connectivity index (χ1v) is 9.31. The lowest BCUT2D eigenvalue weighted by atomic mass is 10.3. The number of hydrogen-bond acceptors (Lipinski definition) is 4. The first kappa shape index (κ1) is 18.1. The predicted octanol–water partition coefficient (Wildman–Crippen LogP) is 1.83. The molecule has 0 radical (unpaired) electrons. The van der Waals surface area contributed by atoms with Gasteiger partial charge in [0.2, 0.25) is 5.91 Å². The molecule has 3 rings (SSSR count). The molecule has 0 aromatic heterocycles. The van der Waals surface area contributed by atoms with Gasteiger partial charge in [0.1, 0.15) is 11.6 Å². The first-order chi connectivity index (χ1) is 12.2. The number of halogens is 1.